The Morgan fingerprint density at radius 1 is 1.20 bits per heavy atom. The first-order chi connectivity index (χ1) is 12.0. The minimum Gasteiger partial charge on any atom is -0.451 e. The molecular formula is C21H23NO3. The van der Waals surface area contributed by atoms with Crippen LogP contribution in [0.25, 0.3) is 11.0 Å². The van der Waals surface area contributed by atoms with Gasteiger partial charge in [-0.2, -0.15) is 0 Å². The van der Waals surface area contributed by atoms with E-state index in [-0.39, 0.29) is 11.9 Å². The summed E-state index contributed by atoms with van der Waals surface area (Å²) in [6.07, 6.45) is 0. The third-order valence-electron chi connectivity index (χ3n) is 4.44. The molecule has 0 spiro atoms. The van der Waals surface area contributed by atoms with Gasteiger partial charge in [-0.05, 0) is 38.0 Å². The number of furan rings is 1. The maximum absolute atomic E-state index is 12.8. The van der Waals surface area contributed by atoms with Crippen molar-refractivity contribution in [3.05, 3.63) is 70.5 Å². The summed E-state index contributed by atoms with van der Waals surface area (Å²) in [5.74, 6) is 0.0943. The van der Waals surface area contributed by atoms with E-state index in [1.54, 1.807) is 7.11 Å². The maximum atomic E-state index is 12.8. The van der Waals surface area contributed by atoms with Crippen LogP contribution in [0, 0.1) is 13.8 Å². The molecule has 1 atom stereocenters. The molecule has 0 saturated carbocycles. The summed E-state index contributed by atoms with van der Waals surface area (Å²) >= 11 is 0. The van der Waals surface area contributed by atoms with Crippen LogP contribution < -0.4 is 5.32 Å². The van der Waals surface area contributed by atoms with Crippen LogP contribution >= 0.6 is 0 Å². The van der Waals surface area contributed by atoms with Crippen LogP contribution in [-0.2, 0) is 11.3 Å². The zero-order valence-corrected chi connectivity index (χ0v) is 15.1. The Kier molecular flexibility index (Phi) is 4.91. The number of hydrogen-bond donors (Lipinski definition) is 1. The fourth-order valence-electron chi connectivity index (χ4n) is 3.14. The quantitative estimate of drug-likeness (QED) is 0.735. The predicted octanol–water partition coefficient (Wildman–Crippen LogP) is 4.69. The van der Waals surface area contributed by atoms with Gasteiger partial charge in [-0.15, -0.1) is 0 Å². The lowest BCUT2D eigenvalue weighted by Crippen LogP contribution is -2.27. The number of hydrogen-bond acceptors (Lipinski definition) is 3. The van der Waals surface area contributed by atoms with Gasteiger partial charge in [-0.3, -0.25) is 4.79 Å². The van der Waals surface area contributed by atoms with E-state index >= 15 is 0 Å². The predicted molar refractivity (Wildman–Crippen MR) is 98.7 cm³/mol. The minimum absolute atomic E-state index is 0.115. The highest BCUT2D eigenvalue weighted by atomic mass is 16.5. The van der Waals surface area contributed by atoms with Gasteiger partial charge in [0.25, 0.3) is 5.91 Å². The van der Waals surface area contributed by atoms with Crippen molar-refractivity contribution in [1.82, 2.24) is 5.32 Å². The molecule has 1 aromatic heterocycles. The van der Waals surface area contributed by atoms with Crippen molar-refractivity contribution in [3.63, 3.8) is 0 Å². The Bertz CT molecular complexity index is 911. The smallest absolute Gasteiger partial charge is 0.287 e. The Labute approximate surface area is 147 Å². The monoisotopic (exact) mass is 337 g/mol. The Morgan fingerprint density at radius 3 is 2.72 bits per heavy atom. The van der Waals surface area contributed by atoms with Crippen molar-refractivity contribution in [1.29, 1.82) is 0 Å². The van der Waals surface area contributed by atoms with E-state index in [4.69, 9.17) is 9.15 Å². The number of carbonyl (C=O) groups is 1. The van der Waals surface area contributed by atoms with Crippen molar-refractivity contribution in [2.24, 2.45) is 0 Å². The summed E-state index contributed by atoms with van der Waals surface area (Å²) in [6, 6.07) is 13.8. The maximum Gasteiger partial charge on any atom is 0.287 e. The molecule has 2 aromatic carbocycles. The highest BCUT2D eigenvalue weighted by molar-refractivity contribution is 5.99. The van der Waals surface area contributed by atoms with E-state index < -0.39 is 0 Å². The van der Waals surface area contributed by atoms with Crippen molar-refractivity contribution in [2.75, 3.05) is 7.11 Å². The second-order valence-corrected chi connectivity index (χ2v) is 6.39. The van der Waals surface area contributed by atoms with Crippen LogP contribution in [-0.4, -0.2) is 13.0 Å². The molecule has 4 nitrogen and oxygen atoms in total. The van der Waals surface area contributed by atoms with E-state index in [0.717, 1.165) is 22.1 Å². The molecule has 0 aliphatic rings. The molecule has 1 N–H and O–H groups in total. The molecule has 130 valence electrons. The average molecular weight is 337 g/mol. The van der Waals surface area contributed by atoms with E-state index in [1.165, 1.54) is 5.56 Å². The van der Waals surface area contributed by atoms with Gasteiger partial charge >= 0.3 is 0 Å². The van der Waals surface area contributed by atoms with Gasteiger partial charge in [0.1, 0.15) is 5.58 Å². The number of aryl methyl sites for hydroxylation is 2. The molecule has 1 amide bonds. The van der Waals surface area contributed by atoms with E-state index in [0.29, 0.717) is 18.0 Å². The first kappa shape index (κ1) is 17.2. The van der Waals surface area contributed by atoms with Crippen molar-refractivity contribution in [2.45, 2.75) is 33.4 Å². The van der Waals surface area contributed by atoms with Gasteiger partial charge in [0.2, 0.25) is 0 Å². The average Bonchev–Trinajstić information content (AvgIpc) is 2.96. The number of benzene rings is 2. The summed E-state index contributed by atoms with van der Waals surface area (Å²) in [5.41, 5.74) is 4.91. The van der Waals surface area contributed by atoms with Crippen LogP contribution in [0.15, 0.2) is 46.9 Å². The highest BCUT2D eigenvalue weighted by Gasteiger charge is 2.22. The number of methoxy groups -OCH3 is 1. The van der Waals surface area contributed by atoms with Crippen molar-refractivity contribution >= 4 is 16.9 Å². The van der Waals surface area contributed by atoms with Gasteiger partial charge in [0, 0.05) is 18.1 Å². The van der Waals surface area contributed by atoms with Gasteiger partial charge in [0.15, 0.2) is 5.76 Å². The Balaban J connectivity index is 1.91. The van der Waals surface area contributed by atoms with Gasteiger partial charge in [-0.25, -0.2) is 0 Å². The van der Waals surface area contributed by atoms with Crippen LogP contribution in [0.5, 0.6) is 0 Å². The molecular weight excluding hydrogens is 314 g/mol. The number of rotatable bonds is 5. The topological polar surface area (TPSA) is 51.5 Å². The number of fused-ring (bicyclic) bond motifs is 1. The summed E-state index contributed by atoms with van der Waals surface area (Å²) in [5, 5.41) is 3.96. The van der Waals surface area contributed by atoms with Crippen molar-refractivity contribution < 1.29 is 13.9 Å². The Hall–Kier alpha value is -2.59. The minimum atomic E-state index is -0.225. The molecule has 25 heavy (non-hydrogen) atoms. The van der Waals surface area contributed by atoms with Crippen LogP contribution in [0.1, 0.15) is 45.8 Å². The lowest BCUT2D eigenvalue weighted by Gasteiger charge is -2.17. The van der Waals surface area contributed by atoms with Crippen molar-refractivity contribution in [3.8, 4) is 0 Å². The second kappa shape index (κ2) is 7.11. The Morgan fingerprint density at radius 2 is 1.96 bits per heavy atom. The van der Waals surface area contributed by atoms with Gasteiger partial charge in [-0.1, -0.05) is 42.0 Å². The molecule has 0 aliphatic heterocycles. The van der Waals surface area contributed by atoms with Gasteiger partial charge in [0.05, 0.1) is 12.6 Å². The molecule has 0 fully saturated rings. The number of ether oxygens (including phenoxy) is 1. The molecule has 1 unspecified atom stereocenters. The normalized spacial score (nSPS) is 12.3. The van der Waals surface area contributed by atoms with Crippen LogP contribution in [0.2, 0.25) is 0 Å². The molecule has 3 aromatic rings. The molecule has 1 heterocycles. The molecule has 0 radical (unpaired) electrons. The third-order valence-corrected chi connectivity index (χ3v) is 4.44. The third kappa shape index (κ3) is 3.44. The largest absolute Gasteiger partial charge is 0.451 e. The molecule has 4 heteroatoms. The van der Waals surface area contributed by atoms with Crippen LogP contribution in [0.4, 0.5) is 0 Å². The zero-order chi connectivity index (χ0) is 18.0. The van der Waals surface area contributed by atoms with E-state index in [9.17, 15) is 4.79 Å². The summed E-state index contributed by atoms with van der Waals surface area (Å²) in [6.45, 7) is 6.42. The number of para-hydroxylation sites is 1. The summed E-state index contributed by atoms with van der Waals surface area (Å²) in [7, 11) is 1.61. The molecule has 3 rings (SSSR count). The fraction of sp³-hybridized carbons (Fsp3) is 0.286. The lowest BCUT2D eigenvalue weighted by molar-refractivity contribution is 0.0907. The molecule has 0 bridgehead atoms. The second-order valence-electron chi connectivity index (χ2n) is 6.39. The standard InChI is InChI=1S/C21H23NO3/c1-13-9-10-14(2)17(11-13)15(3)22-21(23)20-18(12-24-4)16-7-5-6-8-19(16)25-20/h5-11,15H,12H2,1-4H3,(H,22,23). The molecule has 0 saturated heterocycles. The first-order valence-corrected chi connectivity index (χ1v) is 8.38. The molecule has 0 aliphatic carbocycles. The van der Waals surface area contributed by atoms with E-state index in [2.05, 4.69) is 30.4 Å². The summed E-state index contributed by atoms with van der Waals surface area (Å²) < 4.78 is 11.1. The summed E-state index contributed by atoms with van der Waals surface area (Å²) in [4.78, 5) is 12.8. The van der Waals surface area contributed by atoms with Gasteiger partial charge < -0.3 is 14.5 Å². The fourth-order valence-corrected chi connectivity index (χ4v) is 3.14. The highest BCUT2D eigenvalue weighted by Crippen LogP contribution is 2.27. The zero-order valence-electron chi connectivity index (χ0n) is 15.1. The number of carbonyl (C=O) groups excluding carboxylic acids is 1. The first-order valence-electron chi connectivity index (χ1n) is 8.38. The van der Waals surface area contributed by atoms with E-state index in [1.807, 2.05) is 38.1 Å². The lowest BCUT2D eigenvalue weighted by atomic mass is 10.00. The number of amides is 1. The van der Waals surface area contributed by atoms with Crippen LogP contribution in [0.3, 0.4) is 0 Å². The number of nitrogens with one attached hydrogen (secondary N) is 1. The SMILES string of the molecule is COCc1c(C(=O)NC(C)c2cc(C)ccc2C)oc2ccccc12.